The standard InChI is InChI=1S/C21H36O7/c1-4-20(3)27-18-16-25-14-12-23-10-8-6-7-9-11-24-13-15-26-17-19-28-21(22)5-2/h4-5H,1-3,6-19H2. The van der Waals surface area contributed by atoms with Crippen LogP contribution < -0.4 is 0 Å². The van der Waals surface area contributed by atoms with E-state index in [1.54, 1.807) is 6.08 Å². The molecule has 0 aromatic rings. The summed E-state index contributed by atoms with van der Waals surface area (Å²) in [4.78, 5) is 10.8. The van der Waals surface area contributed by atoms with Crippen molar-refractivity contribution in [3.05, 3.63) is 37.6 Å². The van der Waals surface area contributed by atoms with Gasteiger partial charge in [0.25, 0.3) is 0 Å². The van der Waals surface area contributed by atoms with Crippen molar-refractivity contribution < 1.29 is 33.2 Å². The van der Waals surface area contributed by atoms with E-state index in [9.17, 15) is 4.79 Å². The van der Waals surface area contributed by atoms with Crippen LogP contribution in [-0.2, 0) is 33.2 Å². The van der Waals surface area contributed by atoms with Crippen LogP contribution in [0.5, 0.6) is 0 Å². The molecule has 0 fully saturated rings. The van der Waals surface area contributed by atoms with Gasteiger partial charge in [0.05, 0.1) is 39.6 Å². The van der Waals surface area contributed by atoms with Crippen LogP contribution in [0.15, 0.2) is 37.6 Å². The minimum Gasteiger partial charge on any atom is -0.492 e. The number of carbonyl (C=O) groups excluding carboxylic acids is 1. The number of hydrogen-bond donors (Lipinski definition) is 0. The third-order valence-corrected chi connectivity index (χ3v) is 3.45. The molecular weight excluding hydrogens is 364 g/mol. The zero-order chi connectivity index (χ0) is 20.7. The van der Waals surface area contributed by atoms with E-state index in [2.05, 4.69) is 19.7 Å². The minimum atomic E-state index is -0.435. The van der Waals surface area contributed by atoms with Crippen LogP contribution >= 0.6 is 0 Å². The van der Waals surface area contributed by atoms with E-state index in [-0.39, 0.29) is 6.61 Å². The molecule has 0 aromatic carbocycles. The first-order valence-corrected chi connectivity index (χ1v) is 9.75. The first-order chi connectivity index (χ1) is 13.7. The number of carbonyl (C=O) groups is 1. The number of rotatable bonds is 22. The van der Waals surface area contributed by atoms with Crippen molar-refractivity contribution >= 4 is 5.97 Å². The molecule has 0 aromatic heterocycles. The van der Waals surface area contributed by atoms with Gasteiger partial charge in [-0.2, -0.15) is 0 Å². The largest absolute Gasteiger partial charge is 0.492 e. The highest BCUT2D eigenvalue weighted by molar-refractivity contribution is 5.81. The Kier molecular flexibility index (Phi) is 20.3. The number of allylic oxidation sites excluding steroid dienone is 1. The van der Waals surface area contributed by atoms with E-state index in [0.29, 0.717) is 52.0 Å². The maximum atomic E-state index is 10.8. The van der Waals surface area contributed by atoms with Crippen LogP contribution in [0, 0.1) is 0 Å². The smallest absolute Gasteiger partial charge is 0.330 e. The molecule has 0 rings (SSSR count). The van der Waals surface area contributed by atoms with Crippen molar-refractivity contribution in [1.82, 2.24) is 0 Å². The summed E-state index contributed by atoms with van der Waals surface area (Å²) in [5.74, 6) is 0.123. The lowest BCUT2D eigenvalue weighted by molar-refractivity contribution is -0.139. The molecule has 162 valence electrons. The van der Waals surface area contributed by atoms with Crippen molar-refractivity contribution in [2.45, 2.75) is 25.7 Å². The van der Waals surface area contributed by atoms with Gasteiger partial charge in [-0.1, -0.05) is 32.6 Å². The summed E-state index contributed by atoms with van der Waals surface area (Å²) in [6.45, 7) is 15.8. The topological polar surface area (TPSA) is 72.5 Å². The predicted molar refractivity (Wildman–Crippen MR) is 108 cm³/mol. The summed E-state index contributed by atoms with van der Waals surface area (Å²) >= 11 is 0. The number of ether oxygens (including phenoxy) is 6. The minimum absolute atomic E-state index is 0.235. The number of unbranched alkanes of at least 4 members (excludes halogenated alkanes) is 3. The van der Waals surface area contributed by atoms with Crippen LogP contribution in [-0.4, -0.2) is 72.0 Å². The summed E-state index contributed by atoms with van der Waals surface area (Å²) in [7, 11) is 0. The zero-order valence-electron chi connectivity index (χ0n) is 17.0. The average Bonchev–Trinajstić information content (AvgIpc) is 2.71. The van der Waals surface area contributed by atoms with Gasteiger partial charge in [0, 0.05) is 19.3 Å². The molecule has 7 nitrogen and oxygen atoms in total. The van der Waals surface area contributed by atoms with Crippen molar-refractivity contribution in [3.63, 3.8) is 0 Å². The molecule has 0 atom stereocenters. The molecule has 0 aliphatic carbocycles. The van der Waals surface area contributed by atoms with Gasteiger partial charge in [-0.3, -0.25) is 0 Å². The van der Waals surface area contributed by atoms with Gasteiger partial charge in [-0.15, -0.1) is 0 Å². The van der Waals surface area contributed by atoms with E-state index in [0.717, 1.165) is 45.0 Å². The first-order valence-electron chi connectivity index (χ1n) is 9.75. The summed E-state index contributed by atoms with van der Waals surface area (Å²) in [6, 6.07) is 0. The van der Waals surface area contributed by atoms with Gasteiger partial charge in [-0.05, 0) is 18.9 Å². The Hall–Kier alpha value is -1.67. The van der Waals surface area contributed by atoms with Gasteiger partial charge in [-0.25, -0.2) is 4.79 Å². The van der Waals surface area contributed by atoms with Gasteiger partial charge in [0.2, 0.25) is 0 Å². The second-order valence-electron chi connectivity index (χ2n) is 5.75. The number of hydrogen-bond acceptors (Lipinski definition) is 7. The maximum absolute atomic E-state index is 10.8. The molecule has 0 amide bonds. The normalized spacial score (nSPS) is 10.4. The highest BCUT2D eigenvalue weighted by Gasteiger charge is 1.96. The van der Waals surface area contributed by atoms with Gasteiger partial charge < -0.3 is 28.4 Å². The second-order valence-corrected chi connectivity index (χ2v) is 5.75. The number of esters is 1. The van der Waals surface area contributed by atoms with Gasteiger partial charge in [0.15, 0.2) is 0 Å². The monoisotopic (exact) mass is 400 g/mol. The van der Waals surface area contributed by atoms with Crippen molar-refractivity contribution in [2.24, 2.45) is 0 Å². The Morgan fingerprint density at radius 1 is 0.571 bits per heavy atom. The van der Waals surface area contributed by atoms with E-state index in [1.165, 1.54) is 0 Å². The predicted octanol–water partition coefficient (Wildman–Crippen LogP) is 3.06. The molecule has 0 heterocycles. The fourth-order valence-electron chi connectivity index (χ4n) is 1.96. The van der Waals surface area contributed by atoms with Crippen LogP contribution in [0.3, 0.4) is 0 Å². The van der Waals surface area contributed by atoms with E-state index in [1.807, 2.05) is 0 Å². The summed E-state index contributed by atoms with van der Waals surface area (Å²) in [6.07, 6.45) is 6.99. The van der Waals surface area contributed by atoms with Crippen LogP contribution in [0.4, 0.5) is 0 Å². The summed E-state index contributed by atoms with van der Waals surface area (Å²) in [5, 5.41) is 0. The Morgan fingerprint density at radius 2 is 1.00 bits per heavy atom. The SMILES string of the molecule is C=CC(=C)OCCOCCOCCCCCCOCCOCCOC(=O)C=C. The fourth-order valence-corrected chi connectivity index (χ4v) is 1.96. The lowest BCUT2D eigenvalue weighted by atomic mass is 10.2. The molecular formula is C21H36O7. The summed E-state index contributed by atoms with van der Waals surface area (Å²) in [5.41, 5.74) is 0. The third-order valence-electron chi connectivity index (χ3n) is 3.45. The molecule has 0 spiro atoms. The Balaban J connectivity index is 3.06. The van der Waals surface area contributed by atoms with Crippen LogP contribution in [0.1, 0.15) is 25.7 Å². The molecule has 0 unspecified atom stereocenters. The van der Waals surface area contributed by atoms with Crippen molar-refractivity contribution in [1.29, 1.82) is 0 Å². The first kappa shape index (κ1) is 26.3. The Morgan fingerprint density at radius 3 is 1.46 bits per heavy atom. The molecule has 0 N–H and O–H groups in total. The molecule has 0 radical (unpaired) electrons. The van der Waals surface area contributed by atoms with E-state index in [4.69, 9.17) is 28.4 Å². The maximum Gasteiger partial charge on any atom is 0.330 e. The fraction of sp³-hybridized carbons (Fsp3) is 0.667. The molecule has 7 heteroatoms. The Labute approximate surface area is 169 Å². The van der Waals surface area contributed by atoms with Gasteiger partial charge >= 0.3 is 5.97 Å². The van der Waals surface area contributed by atoms with Crippen molar-refractivity contribution in [3.8, 4) is 0 Å². The molecule has 0 saturated carbocycles. The lowest BCUT2D eigenvalue weighted by Gasteiger charge is -2.08. The quantitative estimate of drug-likeness (QED) is 0.0909. The molecule has 28 heavy (non-hydrogen) atoms. The molecule has 0 saturated heterocycles. The van der Waals surface area contributed by atoms with Crippen molar-refractivity contribution in [2.75, 3.05) is 66.1 Å². The van der Waals surface area contributed by atoms with Crippen LogP contribution in [0.25, 0.3) is 0 Å². The van der Waals surface area contributed by atoms with E-state index >= 15 is 0 Å². The van der Waals surface area contributed by atoms with Gasteiger partial charge in [0.1, 0.15) is 19.0 Å². The lowest BCUT2D eigenvalue weighted by Crippen LogP contribution is -2.11. The zero-order valence-corrected chi connectivity index (χ0v) is 17.0. The van der Waals surface area contributed by atoms with Crippen LogP contribution in [0.2, 0.25) is 0 Å². The molecule has 0 aliphatic rings. The highest BCUT2D eigenvalue weighted by atomic mass is 16.6. The third kappa shape index (κ3) is 20.6. The van der Waals surface area contributed by atoms with E-state index < -0.39 is 5.97 Å². The highest BCUT2D eigenvalue weighted by Crippen LogP contribution is 2.00. The summed E-state index contributed by atoms with van der Waals surface area (Å²) < 4.78 is 31.6. The molecule has 0 aliphatic heterocycles. The average molecular weight is 401 g/mol. The second kappa shape index (κ2) is 21.6. The Bertz CT molecular complexity index is 372. The molecule has 0 bridgehead atoms.